The van der Waals surface area contributed by atoms with Gasteiger partial charge in [-0.3, -0.25) is 19.4 Å². The summed E-state index contributed by atoms with van der Waals surface area (Å²) in [7, 11) is 3.33. The average Bonchev–Trinajstić information content (AvgIpc) is 3.32. The number of hydrogen-bond donors (Lipinski definition) is 0. The van der Waals surface area contributed by atoms with Crippen molar-refractivity contribution in [3.8, 4) is 11.5 Å². The van der Waals surface area contributed by atoms with E-state index in [1.807, 2.05) is 12.1 Å². The zero-order chi connectivity index (χ0) is 20.4. The zero-order valence-corrected chi connectivity index (χ0v) is 16.9. The summed E-state index contributed by atoms with van der Waals surface area (Å²) in [4.78, 5) is 28.9. The van der Waals surface area contributed by atoms with E-state index in [1.54, 1.807) is 38.5 Å². The third-order valence-corrected chi connectivity index (χ3v) is 5.87. The van der Waals surface area contributed by atoms with E-state index in [0.29, 0.717) is 17.7 Å². The van der Waals surface area contributed by atoms with Crippen molar-refractivity contribution in [2.24, 2.45) is 0 Å². The number of methoxy groups -OCH3 is 2. The predicted molar refractivity (Wildman–Crippen MR) is 110 cm³/mol. The van der Waals surface area contributed by atoms with Gasteiger partial charge < -0.3 is 9.47 Å². The lowest BCUT2D eigenvalue weighted by Crippen LogP contribution is -2.33. The van der Waals surface area contributed by atoms with Gasteiger partial charge in [-0.1, -0.05) is 18.2 Å². The summed E-state index contributed by atoms with van der Waals surface area (Å²) < 4.78 is 10.9. The molecule has 2 heterocycles. The number of likely N-dealkylation sites (tertiary alicyclic amines) is 1. The van der Waals surface area contributed by atoms with Crippen LogP contribution in [0.1, 0.15) is 51.6 Å². The first-order chi connectivity index (χ1) is 14.1. The second kappa shape index (κ2) is 8.25. The highest BCUT2D eigenvalue weighted by atomic mass is 16.5. The Hall–Kier alpha value is -2.86. The molecule has 2 aromatic carbocycles. The summed E-state index contributed by atoms with van der Waals surface area (Å²) in [5, 5.41) is 0. The van der Waals surface area contributed by atoms with Gasteiger partial charge in [-0.2, -0.15) is 0 Å². The monoisotopic (exact) mass is 394 g/mol. The molecular weight excluding hydrogens is 368 g/mol. The van der Waals surface area contributed by atoms with Crippen molar-refractivity contribution in [3.05, 3.63) is 59.2 Å². The lowest BCUT2D eigenvalue weighted by atomic mass is 10.0. The number of carbonyl (C=O) groups is 2. The third kappa shape index (κ3) is 3.60. The minimum absolute atomic E-state index is 0.180. The molecule has 1 fully saturated rings. The van der Waals surface area contributed by atoms with Crippen LogP contribution in [0, 0.1) is 0 Å². The molecule has 6 heteroatoms. The molecule has 0 saturated carbocycles. The standard InChI is InChI=1S/C23H26N2O4/c1-28-16-10-11-19(21(15-16)29-2)20-9-5-12-24(20)13-6-14-25-22(26)17-7-3-4-8-18(17)23(25)27/h3-4,7-8,10-11,15,20H,5-6,9,12-14H2,1-2H3/t20-/m0/s1. The number of amides is 2. The van der Waals surface area contributed by atoms with E-state index in [2.05, 4.69) is 11.0 Å². The molecule has 0 unspecified atom stereocenters. The van der Waals surface area contributed by atoms with Crippen LogP contribution in [0.25, 0.3) is 0 Å². The molecule has 0 spiro atoms. The SMILES string of the molecule is COc1ccc([C@@H]2CCCN2CCCN2C(=O)c3ccccc3C2=O)c(OC)c1. The van der Waals surface area contributed by atoms with Gasteiger partial charge in [0.25, 0.3) is 11.8 Å². The first-order valence-corrected chi connectivity index (χ1v) is 10.0. The maximum absolute atomic E-state index is 12.5. The van der Waals surface area contributed by atoms with E-state index >= 15 is 0 Å². The van der Waals surface area contributed by atoms with Crippen molar-refractivity contribution in [1.29, 1.82) is 0 Å². The molecule has 0 N–H and O–H groups in total. The van der Waals surface area contributed by atoms with Gasteiger partial charge in [0.1, 0.15) is 11.5 Å². The van der Waals surface area contributed by atoms with Crippen LogP contribution in [0.3, 0.4) is 0 Å². The van der Waals surface area contributed by atoms with Crippen LogP contribution >= 0.6 is 0 Å². The summed E-state index contributed by atoms with van der Waals surface area (Å²) in [6, 6.07) is 13.3. The van der Waals surface area contributed by atoms with Gasteiger partial charge in [-0.15, -0.1) is 0 Å². The predicted octanol–water partition coefficient (Wildman–Crippen LogP) is 3.53. The quantitative estimate of drug-likeness (QED) is 0.673. The highest BCUT2D eigenvalue weighted by molar-refractivity contribution is 6.21. The second-order valence-electron chi connectivity index (χ2n) is 7.46. The van der Waals surface area contributed by atoms with E-state index in [0.717, 1.165) is 49.4 Å². The maximum Gasteiger partial charge on any atom is 0.261 e. The molecule has 0 aliphatic carbocycles. The number of carbonyl (C=O) groups excluding carboxylic acids is 2. The van der Waals surface area contributed by atoms with Crippen LogP contribution in [-0.4, -0.2) is 55.5 Å². The molecule has 1 atom stereocenters. The number of rotatable bonds is 7. The van der Waals surface area contributed by atoms with Gasteiger partial charge in [0.15, 0.2) is 0 Å². The summed E-state index contributed by atoms with van der Waals surface area (Å²) in [5.74, 6) is 1.25. The van der Waals surface area contributed by atoms with Gasteiger partial charge in [0.05, 0.1) is 25.3 Å². The Bertz CT molecular complexity index is 892. The fourth-order valence-electron chi connectivity index (χ4n) is 4.41. The largest absolute Gasteiger partial charge is 0.497 e. The molecule has 6 nitrogen and oxygen atoms in total. The first kappa shape index (κ1) is 19.5. The fraction of sp³-hybridized carbons (Fsp3) is 0.391. The number of hydrogen-bond acceptors (Lipinski definition) is 5. The number of fused-ring (bicyclic) bond motifs is 1. The highest BCUT2D eigenvalue weighted by Crippen LogP contribution is 2.38. The molecule has 152 valence electrons. The van der Waals surface area contributed by atoms with Crippen LogP contribution in [0.5, 0.6) is 11.5 Å². The average molecular weight is 394 g/mol. The lowest BCUT2D eigenvalue weighted by Gasteiger charge is -2.27. The molecule has 2 amide bonds. The van der Waals surface area contributed by atoms with Crippen molar-refractivity contribution in [3.63, 3.8) is 0 Å². The van der Waals surface area contributed by atoms with Crippen LogP contribution in [0.15, 0.2) is 42.5 Å². The summed E-state index contributed by atoms with van der Waals surface area (Å²) in [6.45, 7) is 2.27. The third-order valence-electron chi connectivity index (χ3n) is 5.87. The Morgan fingerprint density at radius 1 is 0.966 bits per heavy atom. The molecule has 2 aliphatic heterocycles. The van der Waals surface area contributed by atoms with E-state index in [9.17, 15) is 9.59 Å². The summed E-state index contributed by atoms with van der Waals surface area (Å²) >= 11 is 0. The number of ether oxygens (including phenoxy) is 2. The van der Waals surface area contributed by atoms with Crippen molar-refractivity contribution in [2.45, 2.75) is 25.3 Å². The van der Waals surface area contributed by atoms with E-state index in [4.69, 9.17) is 9.47 Å². The van der Waals surface area contributed by atoms with Gasteiger partial charge >= 0.3 is 0 Å². The van der Waals surface area contributed by atoms with Gasteiger partial charge in [-0.25, -0.2) is 0 Å². The van der Waals surface area contributed by atoms with Crippen molar-refractivity contribution >= 4 is 11.8 Å². The van der Waals surface area contributed by atoms with Crippen LogP contribution < -0.4 is 9.47 Å². The smallest absolute Gasteiger partial charge is 0.261 e. The molecular formula is C23H26N2O4. The minimum Gasteiger partial charge on any atom is -0.497 e. The number of imide groups is 1. The van der Waals surface area contributed by atoms with Crippen LogP contribution in [0.2, 0.25) is 0 Å². The topological polar surface area (TPSA) is 59.1 Å². The van der Waals surface area contributed by atoms with Crippen molar-refractivity contribution < 1.29 is 19.1 Å². The maximum atomic E-state index is 12.5. The molecule has 4 rings (SSSR count). The van der Waals surface area contributed by atoms with E-state index in [1.165, 1.54) is 4.90 Å². The minimum atomic E-state index is -0.180. The van der Waals surface area contributed by atoms with Crippen LogP contribution in [0.4, 0.5) is 0 Å². The second-order valence-corrected chi connectivity index (χ2v) is 7.46. The molecule has 0 bridgehead atoms. The molecule has 29 heavy (non-hydrogen) atoms. The van der Waals surface area contributed by atoms with Crippen molar-refractivity contribution in [1.82, 2.24) is 9.80 Å². The first-order valence-electron chi connectivity index (χ1n) is 10.0. The summed E-state index contributed by atoms with van der Waals surface area (Å²) in [5.41, 5.74) is 2.19. The van der Waals surface area contributed by atoms with E-state index < -0.39 is 0 Å². The number of nitrogens with zero attached hydrogens (tertiary/aromatic N) is 2. The molecule has 0 aromatic heterocycles. The molecule has 0 radical (unpaired) electrons. The molecule has 2 aliphatic rings. The Morgan fingerprint density at radius 3 is 2.34 bits per heavy atom. The molecule has 1 saturated heterocycles. The Morgan fingerprint density at radius 2 is 1.69 bits per heavy atom. The van der Waals surface area contributed by atoms with Crippen LogP contribution in [-0.2, 0) is 0 Å². The Labute approximate surface area is 171 Å². The van der Waals surface area contributed by atoms with Gasteiger partial charge in [-0.05, 0) is 44.0 Å². The van der Waals surface area contributed by atoms with Gasteiger partial charge in [0.2, 0.25) is 0 Å². The zero-order valence-electron chi connectivity index (χ0n) is 16.9. The normalized spacial score (nSPS) is 19.0. The summed E-state index contributed by atoms with van der Waals surface area (Å²) in [6.07, 6.45) is 2.93. The van der Waals surface area contributed by atoms with E-state index in [-0.39, 0.29) is 17.9 Å². The fourth-order valence-corrected chi connectivity index (χ4v) is 4.41. The van der Waals surface area contributed by atoms with Crippen molar-refractivity contribution in [2.75, 3.05) is 33.9 Å². The lowest BCUT2D eigenvalue weighted by molar-refractivity contribution is 0.0646. The van der Waals surface area contributed by atoms with Gasteiger partial charge in [0, 0.05) is 30.8 Å². The Balaban J connectivity index is 1.40. The molecule has 2 aromatic rings. The number of benzene rings is 2. The highest BCUT2D eigenvalue weighted by Gasteiger charge is 2.35. The Kier molecular flexibility index (Phi) is 5.53.